The molecule has 2 aromatic rings. The minimum Gasteiger partial charge on any atom is -0.396 e. The highest BCUT2D eigenvalue weighted by molar-refractivity contribution is 5.96. The molecule has 1 aliphatic heterocycles. The summed E-state index contributed by atoms with van der Waals surface area (Å²) in [4.78, 5) is 6.44. The van der Waals surface area contributed by atoms with E-state index in [0.717, 1.165) is 42.7 Å². The van der Waals surface area contributed by atoms with Crippen molar-refractivity contribution < 1.29 is 9.50 Å². The van der Waals surface area contributed by atoms with E-state index < -0.39 is 0 Å². The second-order valence-electron chi connectivity index (χ2n) is 5.86. The van der Waals surface area contributed by atoms with Crippen molar-refractivity contribution >= 4 is 16.6 Å². The lowest BCUT2D eigenvalue weighted by molar-refractivity contribution is 0.203. The molecule has 0 spiro atoms. The van der Waals surface area contributed by atoms with Crippen LogP contribution in [-0.4, -0.2) is 29.8 Å². The lowest BCUT2D eigenvalue weighted by Crippen LogP contribution is -2.35. The summed E-state index contributed by atoms with van der Waals surface area (Å²) in [7, 11) is 0. The van der Waals surface area contributed by atoms with Gasteiger partial charge in [-0.05, 0) is 43.4 Å². The van der Waals surface area contributed by atoms with Crippen LogP contribution in [0, 0.1) is 30.0 Å². The second kappa shape index (κ2) is 5.90. The molecule has 3 rings (SSSR count). The maximum Gasteiger partial charge on any atom is 0.124 e. The number of nitriles is 1. The van der Waals surface area contributed by atoms with Crippen LogP contribution in [0.1, 0.15) is 24.0 Å². The van der Waals surface area contributed by atoms with Gasteiger partial charge in [0.05, 0.1) is 16.8 Å². The zero-order valence-corrected chi connectivity index (χ0v) is 12.5. The van der Waals surface area contributed by atoms with Gasteiger partial charge in [0.2, 0.25) is 0 Å². The lowest BCUT2D eigenvalue weighted by Gasteiger charge is -2.34. The van der Waals surface area contributed by atoms with Gasteiger partial charge in [0, 0.05) is 31.3 Å². The van der Waals surface area contributed by atoms with E-state index in [-0.39, 0.29) is 12.4 Å². The van der Waals surface area contributed by atoms with E-state index in [4.69, 9.17) is 0 Å². The summed E-state index contributed by atoms with van der Waals surface area (Å²) in [6.45, 7) is 3.54. The van der Waals surface area contributed by atoms with E-state index in [1.165, 1.54) is 12.1 Å². The quantitative estimate of drug-likeness (QED) is 0.926. The summed E-state index contributed by atoms with van der Waals surface area (Å²) < 4.78 is 13.8. The van der Waals surface area contributed by atoms with Gasteiger partial charge >= 0.3 is 0 Å². The van der Waals surface area contributed by atoms with Crippen LogP contribution in [0.5, 0.6) is 0 Å². The highest BCUT2D eigenvalue weighted by atomic mass is 19.1. The van der Waals surface area contributed by atoms with Gasteiger partial charge in [-0.15, -0.1) is 0 Å². The molecule has 1 aliphatic rings. The van der Waals surface area contributed by atoms with Crippen LogP contribution in [0.25, 0.3) is 10.9 Å². The number of aromatic nitrogens is 1. The van der Waals surface area contributed by atoms with Crippen molar-refractivity contribution in [3.05, 3.63) is 35.3 Å². The number of hydrogen-bond donors (Lipinski definition) is 1. The number of pyridine rings is 1. The van der Waals surface area contributed by atoms with Crippen molar-refractivity contribution in [2.24, 2.45) is 5.92 Å². The first-order chi connectivity index (χ1) is 10.6. The Morgan fingerprint density at radius 1 is 1.41 bits per heavy atom. The fourth-order valence-electron chi connectivity index (χ4n) is 3.18. The Labute approximate surface area is 128 Å². The molecular formula is C17H18FN3O. The molecule has 0 unspecified atom stereocenters. The van der Waals surface area contributed by atoms with Crippen LogP contribution in [-0.2, 0) is 0 Å². The third kappa shape index (κ3) is 2.51. The third-order valence-electron chi connectivity index (χ3n) is 4.41. The van der Waals surface area contributed by atoms with Crippen LogP contribution in [0.15, 0.2) is 18.3 Å². The van der Waals surface area contributed by atoms with Crippen molar-refractivity contribution in [3.63, 3.8) is 0 Å². The Morgan fingerprint density at radius 3 is 2.77 bits per heavy atom. The van der Waals surface area contributed by atoms with Crippen molar-refractivity contribution in [3.8, 4) is 6.07 Å². The summed E-state index contributed by atoms with van der Waals surface area (Å²) in [6.07, 6.45) is 3.32. The fraction of sp³-hybridized carbons (Fsp3) is 0.412. The maximum absolute atomic E-state index is 13.8. The van der Waals surface area contributed by atoms with Gasteiger partial charge in [-0.25, -0.2) is 4.39 Å². The van der Waals surface area contributed by atoms with Crippen LogP contribution in [0.2, 0.25) is 0 Å². The molecular weight excluding hydrogens is 281 g/mol. The zero-order valence-electron chi connectivity index (χ0n) is 12.5. The van der Waals surface area contributed by atoms with Gasteiger partial charge < -0.3 is 10.0 Å². The standard InChI is InChI=1S/C17H18FN3O/c1-11-6-14(18)7-15-16(11)20-9-13(8-19)17(15)21-4-2-12(10-22)3-5-21/h6-7,9,12,22H,2-5,10H2,1H3. The predicted octanol–water partition coefficient (Wildman–Crippen LogP) is 2.76. The minimum absolute atomic E-state index is 0.198. The average molecular weight is 299 g/mol. The number of aliphatic hydroxyl groups is 1. The monoisotopic (exact) mass is 299 g/mol. The van der Waals surface area contributed by atoms with Crippen molar-refractivity contribution in [2.75, 3.05) is 24.6 Å². The molecule has 1 fully saturated rings. The Hall–Kier alpha value is -2.19. The molecule has 1 aromatic heterocycles. The van der Waals surface area contributed by atoms with E-state index in [9.17, 15) is 14.8 Å². The molecule has 114 valence electrons. The number of benzene rings is 1. The van der Waals surface area contributed by atoms with Gasteiger partial charge in [-0.3, -0.25) is 4.98 Å². The van der Waals surface area contributed by atoms with Crippen molar-refractivity contribution in [1.82, 2.24) is 4.98 Å². The molecule has 2 heterocycles. The van der Waals surface area contributed by atoms with Gasteiger partial charge in [0.1, 0.15) is 11.9 Å². The Bertz CT molecular complexity index is 746. The fourth-order valence-corrected chi connectivity index (χ4v) is 3.18. The molecule has 1 aromatic carbocycles. The zero-order chi connectivity index (χ0) is 15.7. The molecule has 5 heteroatoms. The first-order valence-electron chi connectivity index (χ1n) is 7.48. The predicted molar refractivity (Wildman–Crippen MR) is 83.2 cm³/mol. The molecule has 22 heavy (non-hydrogen) atoms. The molecule has 1 saturated heterocycles. The molecule has 4 nitrogen and oxygen atoms in total. The van der Waals surface area contributed by atoms with Gasteiger partial charge in [-0.1, -0.05) is 0 Å². The minimum atomic E-state index is -0.312. The van der Waals surface area contributed by atoms with Crippen LogP contribution in [0.4, 0.5) is 10.1 Å². The van der Waals surface area contributed by atoms with Gasteiger partial charge in [0.25, 0.3) is 0 Å². The van der Waals surface area contributed by atoms with Gasteiger partial charge in [-0.2, -0.15) is 5.26 Å². The van der Waals surface area contributed by atoms with E-state index in [1.807, 2.05) is 6.92 Å². The Balaban J connectivity index is 2.13. The average Bonchev–Trinajstić information content (AvgIpc) is 2.53. The SMILES string of the molecule is Cc1cc(F)cc2c(N3CCC(CO)CC3)c(C#N)cnc12. The number of aliphatic hydroxyl groups excluding tert-OH is 1. The van der Waals surface area contributed by atoms with Crippen molar-refractivity contribution in [1.29, 1.82) is 5.26 Å². The number of piperidine rings is 1. The number of rotatable bonds is 2. The number of nitrogens with zero attached hydrogens (tertiary/aromatic N) is 3. The van der Waals surface area contributed by atoms with E-state index in [1.54, 1.807) is 6.20 Å². The largest absolute Gasteiger partial charge is 0.396 e. The van der Waals surface area contributed by atoms with E-state index >= 15 is 0 Å². The highest BCUT2D eigenvalue weighted by Crippen LogP contribution is 2.34. The summed E-state index contributed by atoms with van der Waals surface area (Å²) >= 11 is 0. The van der Waals surface area contributed by atoms with Gasteiger partial charge in [0.15, 0.2) is 0 Å². The summed E-state index contributed by atoms with van der Waals surface area (Å²) in [5.74, 6) is 0.00161. The second-order valence-corrected chi connectivity index (χ2v) is 5.86. The Kier molecular flexibility index (Phi) is 3.95. The normalized spacial score (nSPS) is 16.0. The van der Waals surface area contributed by atoms with E-state index in [0.29, 0.717) is 16.9 Å². The lowest BCUT2D eigenvalue weighted by atomic mass is 9.96. The first kappa shape index (κ1) is 14.7. The smallest absolute Gasteiger partial charge is 0.124 e. The molecule has 0 radical (unpaired) electrons. The van der Waals surface area contributed by atoms with Crippen LogP contribution >= 0.6 is 0 Å². The number of halogens is 1. The number of anilines is 1. The molecule has 0 bridgehead atoms. The summed E-state index contributed by atoms with van der Waals surface area (Å²) in [5, 5.41) is 19.4. The van der Waals surface area contributed by atoms with Crippen LogP contribution in [0.3, 0.4) is 0 Å². The molecule has 1 N–H and O–H groups in total. The summed E-state index contributed by atoms with van der Waals surface area (Å²) in [6, 6.07) is 5.10. The first-order valence-corrected chi connectivity index (χ1v) is 7.48. The summed E-state index contributed by atoms with van der Waals surface area (Å²) in [5.41, 5.74) is 2.75. The Morgan fingerprint density at radius 2 is 2.14 bits per heavy atom. The van der Waals surface area contributed by atoms with Crippen molar-refractivity contribution in [2.45, 2.75) is 19.8 Å². The maximum atomic E-state index is 13.8. The topological polar surface area (TPSA) is 60.1 Å². The molecule has 0 atom stereocenters. The van der Waals surface area contributed by atoms with E-state index in [2.05, 4.69) is 16.0 Å². The molecule has 0 aliphatic carbocycles. The molecule has 0 saturated carbocycles. The highest BCUT2D eigenvalue weighted by Gasteiger charge is 2.23. The number of hydrogen-bond acceptors (Lipinski definition) is 4. The number of fused-ring (bicyclic) bond motifs is 1. The molecule has 0 amide bonds. The third-order valence-corrected chi connectivity index (χ3v) is 4.41. The van der Waals surface area contributed by atoms with Crippen LogP contribution < -0.4 is 4.90 Å². The number of aryl methyl sites for hydroxylation is 1.